The van der Waals surface area contributed by atoms with Crippen LogP contribution in [0.1, 0.15) is 16.1 Å². The third kappa shape index (κ3) is 4.05. The second-order valence-electron chi connectivity index (χ2n) is 5.98. The van der Waals surface area contributed by atoms with E-state index in [0.717, 1.165) is 11.3 Å². The average molecular weight is 395 g/mol. The second-order valence-corrected chi connectivity index (χ2v) is 6.42. The number of carbonyl (C=O) groups is 1. The molecule has 0 saturated carbocycles. The van der Waals surface area contributed by atoms with Gasteiger partial charge in [-0.05, 0) is 54.1 Å². The molecule has 28 heavy (non-hydrogen) atoms. The maximum atomic E-state index is 11.2. The van der Waals surface area contributed by atoms with Crippen molar-refractivity contribution in [3.63, 3.8) is 0 Å². The number of nitrogens with two attached hydrogens (primary N) is 1. The van der Waals surface area contributed by atoms with E-state index < -0.39 is 5.91 Å². The number of primary amides is 1. The van der Waals surface area contributed by atoms with Gasteiger partial charge < -0.3 is 20.2 Å². The Morgan fingerprint density at radius 1 is 1.14 bits per heavy atom. The van der Waals surface area contributed by atoms with E-state index in [9.17, 15) is 4.79 Å². The zero-order valence-electron chi connectivity index (χ0n) is 14.6. The van der Waals surface area contributed by atoms with Crippen molar-refractivity contribution in [2.45, 2.75) is 6.61 Å². The van der Waals surface area contributed by atoms with Gasteiger partial charge in [0.2, 0.25) is 0 Å². The highest BCUT2D eigenvalue weighted by atomic mass is 35.5. The SMILES string of the molecule is NC(=O)c1cc(COc2ccc3oc(Nc4ccc(Cl)cc4)nc3c2)ccn1. The second kappa shape index (κ2) is 7.58. The highest BCUT2D eigenvalue weighted by molar-refractivity contribution is 6.30. The summed E-state index contributed by atoms with van der Waals surface area (Å²) in [4.78, 5) is 19.5. The third-order valence-electron chi connectivity index (χ3n) is 3.94. The first-order valence-corrected chi connectivity index (χ1v) is 8.75. The molecule has 4 aromatic rings. The summed E-state index contributed by atoms with van der Waals surface area (Å²) in [5, 5.41) is 3.74. The summed E-state index contributed by atoms with van der Waals surface area (Å²) in [6.07, 6.45) is 1.52. The lowest BCUT2D eigenvalue weighted by molar-refractivity contribution is 0.0995. The van der Waals surface area contributed by atoms with Crippen molar-refractivity contribution in [3.8, 4) is 5.75 Å². The molecule has 0 aliphatic rings. The first kappa shape index (κ1) is 17.8. The van der Waals surface area contributed by atoms with Crippen LogP contribution in [-0.4, -0.2) is 15.9 Å². The van der Waals surface area contributed by atoms with Gasteiger partial charge in [-0.25, -0.2) is 0 Å². The fourth-order valence-corrected chi connectivity index (χ4v) is 2.70. The molecule has 8 heteroatoms. The molecule has 2 aromatic carbocycles. The molecule has 3 N–H and O–H groups in total. The van der Waals surface area contributed by atoms with Gasteiger partial charge in [0.1, 0.15) is 23.6 Å². The molecule has 0 aliphatic carbocycles. The Bertz CT molecular complexity index is 1140. The van der Waals surface area contributed by atoms with Gasteiger partial charge in [0.25, 0.3) is 11.9 Å². The fraction of sp³-hybridized carbons (Fsp3) is 0.0500. The summed E-state index contributed by atoms with van der Waals surface area (Å²) in [7, 11) is 0. The topological polar surface area (TPSA) is 103 Å². The van der Waals surface area contributed by atoms with Crippen LogP contribution in [0.3, 0.4) is 0 Å². The normalized spacial score (nSPS) is 10.8. The molecule has 0 unspecified atom stereocenters. The van der Waals surface area contributed by atoms with Crippen molar-refractivity contribution in [2.24, 2.45) is 5.73 Å². The molecular weight excluding hydrogens is 380 g/mol. The van der Waals surface area contributed by atoms with Crippen molar-refractivity contribution in [2.75, 3.05) is 5.32 Å². The molecule has 0 fully saturated rings. The smallest absolute Gasteiger partial charge is 0.300 e. The molecule has 4 rings (SSSR count). The van der Waals surface area contributed by atoms with Crippen molar-refractivity contribution >= 4 is 40.3 Å². The number of halogens is 1. The Kier molecular flexibility index (Phi) is 4.82. The maximum absolute atomic E-state index is 11.2. The molecule has 7 nitrogen and oxygen atoms in total. The standard InChI is InChI=1S/C20H15ClN4O3/c21-13-1-3-14(4-2-13)24-20-25-16-10-15(5-6-18(16)28-20)27-11-12-7-8-23-17(9-12)19(22)26/h1-10H,11H2,(H2,22,26)(H,24,25). The van der Waals surface area contributed by atoms with Gasteiger partial charge in [-0.1, -0.05) is 11.6 Å². The van der Waals surface area contributed by atoms with Crippen molar-refractivity contribution in [1.82, 2.24) is 9.97 Å². The fourth-order valence-electron chi connectivity index (χ4n) is 2.57. The van der Waals surface area contributed by atoms with E-state index in [-0.39, 0.29) is 12.3 Å². The Balaban J connectivity index is 1.47. The minimum atomic E-state index is -0.577. The summed E-state index contributed by atoms with van der Waals surface area (Å²) in [5.74, 6) is 0.0443. The molecular formula is C20H15ClN4O3. The van der Waals surface area contributed by atoms with Gasteiger partial charge in [0, 0.05) is 23.0 Å². The van der Waals surface area contributed by atoms with Gasteiger partial charge in [-0.15, -0.1) is 0 Å². The molecule has 0 spiro atoms. The number of rotatable bonds is 6. The summed E-state index contributed by atoms with van der Waals surface area (Å²) in [5.41, 5.74) is 8.33. The molecule has 2 aromatic heterocycles. The summed E-state index contributed by atoms with van der Waals surface area (Å²) in [6, 6.07) is 16.3. The maximum Gasteiger partial charge on any atom is 0.300 e. The van der Waals surface area contributed by atoms with Crippen LogP contribution >= 0.6 is 11.6 Å². The molecule has 2 heterocycles. The van der Waals surface area contributed by atoms with Crippen LogP contribution < -0.4 is 15.8 Å². The van der Waals surface area contributed by atoms with Crippen LogP contribution in [0.2, 0.25) is 5.02 Å². The van der Waals surface area contributed by atoms with E-state index in [4.69, 9.17) is 26.5 Å². The largest absolute Gasteiger partial charge is 0.489 e. The van der Waals surface area contributed by atoms with E-state index in [0.29, 0.717) is 27.9 Å². The molecule has 0 aliphatic heterocycles. The zero-order chi connectivity index (χ0) is 19.5. The number of oxazole rings is 1. The van der Waals surface area contributed by atoms with E-state index in [1.165, 1.54) is 6.20 Å². The highest BCUT2D eigenvalue weighted by Gasteiger charge is 2.08. The van der Waals surface area contributed by atoms with E-state index in [1.807, 2.05) is 12.1 Å². The lowest BCUT2D eigenvalue weighted by Gasteiger charge is -2.06. The molecule has 0 saturated heterocycles. The van der Waals surface area contributed by atoms with E-state index >= 15 is 0 Å². The molecule has 0 bridgehead atoms. The van der Waals surface area contributed by atoms with Crippen LogP contribution in [0.15, 0.2) is 65.2 Å². The number of amides is 1. The third-order valence-corrected chi connectivity index (χ3v) is 4.19. The quantitative estimate of drug-likeness (QED) is 0.505. The molecule has 140 valence electrons. The summed E-state index contributed by atoms with van der Waals surface area (Å²) in [6.45, 7) is 0.266. The van der Waals surface area contributed by atoms with Crippen molar-refractivity contribution < 1.29 is 13.9 Å². The van der Waals surface area contributed by atoms with E-state index in [2.05, 4.69) is 15.3 Å². The molecule has 1 amide bonds. The van der Waals surface area contributed by atoms with Gasteiger partial charge >= 0.3 is 0 Å². The number of ether oxygens (including phenoxy) is 1. The summed E-state index contributed by atoms with van der Waals surface area (Å²) >= 11 is 5.89. The lowest BCUT2D eigenvalue weighted by atomic mass is 10.2. The van der Waals surface area contributed by atoms with Gasteiger partial charge in [0.05, 0.1) is 0 Å². The first-order chi connectivity index (χ1) is 13.6. The Morgan fingerprint density at radius 3 is 2.75 bits per heavy atom. The highest BCUT2D eigenvalue weighted by Crippen LogP contribution is 2.26. The Morgan fingerprint density at radius 2 is 1.96 bits per heavy atom. The number of benzene rings is 2. The number of carbonyl (C=O) groups excluding carboxylic acids is 1. The van der Waals surface area contributed by atoms with Crippen molar-refractivity contribution in [1.29, 1.82) is 0 Å². The molecule has 0 atom stereocenters. The number of nitrogens with one attached hydrogen (secondary N) is 1. The summed E-state index contributed by atoms with van der Waals surface area (Å²) < 4.78 is 11.5. The monoisotopic (exact) mass is 394 g/mol. The number of anilines is 2. The van der Waals surface area contributed by atoms with E-state index in [1.54, 1.807) is 42.5 Å². The van der Waals surface area contributed by atoms with Crippen LogP contribution in [0, 0.1) is 0 Å². The zero-order valence-corrected chi connectivity index (χ0v) is 15.3. The minimum absolute atomic E-state index is 0.200. The predicted octanol–water partition coefficient (Wildman–Crippen LogP) is 4.30. The minimum Gasteiger partial charge on any atom is -0.489 e. The Labute approximate surface area is 165 Å². The average Bonchev–Trinajstić information content (AvgIpc) is 3.10. The van der Waals surface area contributed by atoms with Gasteiger partial charge in [-0.2, -0.15) is 4.98 Å². The predicted molar refractivity (Wildman–Crippen MR) is 106 cm³/mol. The number of nitrogens with zero attached hydrogens (tertiary/aromatic N) is 2. The van der Waals surface area contributed by atoms with Crippen LogP contribution in [0.4, 0.5) is 11.7 Å². The van der Waals surface area contributed by atoms with Gasteiger partial charge in [-0.3, -0.25) is 9.78 Å². The van der Waals surface area contributed by atoms with Crippen LogP contribution in [0.25, 0.3) is 11.1 Å². The van der Waals surface area contributed by atoms with Crippen LogP contribution in [-0.2, 0) is 6.61 Å². The Hall–Kier alpha value is -3.58. The number of aromatic nitrogens is 2. The van der Waals surface area contributed by atoms with Gasteiger partial charge in [0.15, 0.2) is 5.58 Å². The number of pyridine rings is 1. The molecule has 0 radical (unpaired) electrons. The lowest BCUT2D eigenvalue weighted by Crippen LogP contribution is -2.13. The number of hydrogen-bond acceptors (Lipinski definition) is 6. The number of hydrogen-bond donors (Lipinski definition) is 2. The first-order valence-electron chi connectivity index (χ1n) is 8.37. The van der Waals surface area contributed by atoms with Crippen LogP contribution in [0.5, 0.6) is 5.75 Å². The van der Waals surface area contributed by atoms with Crippen molar-refractivity contribution in [3.05, 3.63) is 77.1 Å². The number of fused-ring (bicyclic) bond motifs is 1.